The molecule has 2 aromatic heterocycles. The Kier molecular flexibility index (Phi) is 4.00. The van der Waals surface area contributed by atoms with Crippen LogP contribution in [0.1, 0.15) is 6.23 Å². The van der Waals surface area contributed by atoms with Gasteiger partial charge in [0.2, 0.25) is 0 Å². The molecule has 2 aromatic carbocycles. The highest BCUT2D eigenvalue weighted by atomic mass is 32.2. The Balaban J connectivity index is 1.57. The van der Waals surface area contributed by atoms with Gasteiger partial charge >= 0.3 is 5.69 Å². The minimum Gasteiger partial charge on any atom is -0.393 e. The van der Waals surface area contributed by atoms with E-state index in [9.17, 15) is 9.90 Å². The molecule has 5 rings (SSSR count). The molecule has 2 atom stereocenters. The molecule has 0 spiro atoms. The molecule has 3 heterocycles. The van der Waals surface area contributed by atoms with E-state index in [4.69, 9.17) is 4.74 Å². The van der Waals surface area contributed by atoms with Crippen LogP contribution in [0.3, 0.4) is 0 Å². The third-order valence-corrected chi connectivity index (χ3v) is 5.89. The van der Waals surface area contributed by atoms with E-state index in [1.54, 1.807) is 21.4 Å². The number of aliphatic hydroxyl groups is 1. The summed E-state index contributed by atoms with van der Waals surface area (Å²) in [5.41, 5.74) is 1.84. The number of fused-ring (bicyclic) bond motifs is 2. The Morgan fingerprint density at radius 2 is 2.04 bits per heavy atom. The molecule has 1 N–H and O–H groups in total. The number of nitrogens with zero attached hydrogens (tertiary/aromatic N) is 3. The normalized spacial score (nSPS) is 19.9. The van der Waals surface area contributed by atoms with Gasteiger partial charge in [0.1, 0.15) is 17.3 Å². The zero-order chi connectivity index (χ0) is 18.4. The van der Waals surface area contributed by atoms with E-state index >= 15 is 0 Å². The fraction of sp³-hybridized carbons (Fsp3) is 0.200. The van der Waals surface area contributed by atoms with Crippen LogP contribution in [-0.2, 0) is 4.74 Å². The lowest BCUT2D eigenvalue weighted by molar-refractivity contribution is -0.00647. The molecule has 6 nitrogen and oxygen atoms in total. The Hall–Kier alpha value is -2.61. The summed E-state index contributed by atoms with van der Waals surface area (Å²) in [7, 11) is 0. The summed E-state index contributed by atoms with van der Waals surface area (Å²) in [4.78, 5) is 17.5. The minimum atomic E-state index is -0.379. The van der Waals surface area contributed by atoms with Crippen molar-refractivity contribution in [2.45, 2.75) is 11.7 Å². The van der Waals surface area contributed by atoms with E-state index in [1.165, 1.54) is 17.1 Å². The zero-order valence-corrected chi connectivity index (χ0v) is 15.2. The predicted molar refractivity (Wildman–Crippen MR) is 106 cm³/mol. The highest BCUT2D eigenvalue weighted by Crippen LogP contribution is 2.30. The zero-order valence-electron chi connectivity index (χ0n) is 14.4. The summed E-state index contributed by atoms with van der Waals surface area (Å²) < 4.78 is 8.81. The smallest absolute Gasteiger partial charge is 0.336 e. The van der Waals surface area contributed by atoms with Crippen molar-refractivity contribution in [3.05, 3.63) is 71.4 Å². The second kappa shape index (κ2) is 6.53. The van der Waals surface area contributed by atoms with Crippen LogP contribution in [0.25, 0.3) is 27.7 Å². The van der Waals surface area contributed by atoms with Crippen molar-refractivity contribution in [3.8, 4) is 11.3 Å². The molecule has 1 fully saturated rings. The van der Waals surface area contributed by atoms with E-state index in [-0.39, 0.29) is 24.0 Å². The second-order valence-corrected chi connectivity index (χ2v) is 7.65. The van der Waals surface area contributed by atoms with Gasteiger partial charge in [-0.1, -0.05) is 36.4 Å². The van der Waals surface area contributed by atoms with Crippen molar-refractivity contribution in [1.29, 1.82) is 0 Å². The lowest BCUT2D eigenvalue weighted by atomic mass is 10.1. The molecular weight excluding hydrogens is 362 g/mol. The molecule has 0 amide bonds. The lowest BCUT2D eigenvalue weighted by Gasteiger charge is -2.13. The Labute approximate surface area is 159 Å². The molecular formula is C20H17N3O3S. The number of imidazole rings is 1. The van der Waals surface area contributed by atoms with Crippen molar-refractivity contribution >= 4 is 28.2 Å². The van der Waals surface area contributed by atoms with Crippen molar-refractivity contribution in [2.24, 2.45) is 0 Å². The third kappa shape index (κ3) is 2.84. The van der Waals surface area contributed by atoms with Crippen molar-refractivity contribution < 1.29 is 9.84 Å². The maximum absolute atomic E-state index is 12.9. The lowest BCUT2D eigenvalue weighted by Crippen LogP contribution is -2.30. The van der Waals surface area contributed by atoms with E-state index < -0.39 is 0 Å². The molecule has 4 aromatic rings. The van der Waals surface area contributed by atoms with Crippen LogP contribution in [0.2, 0.25) is 0 Å². The van der Waals surface area contributed by atoms with Gasteiger partial charge in [0.25, 0.3) is 0 Å². The number of benzene rings is 2. The summed E-state index contributed by atoms with van der Waals surface area (Å²) in [5.74, 6) is 0.628. The molecule has 2 unspecified atom stereocenters. The molecule has 1 aliphatic rings. The number of rotatable bonds is 3. The van der Waals surface area contributed by atoms with Gasteiger partial charge in [-0.25, -0.2) is 9.78 Å². The molecule has 0 aliphatic carbocycles. The van der Waals surface area contributed by atoms with Crippen LogP contribution >= 0.6 is 11.8 Å². The fourth-order valence-electron chi connectivity index (χ4n) is 3.39. The first-order valence-corrected chi connectivity index (χ1v) is 9.75. The molecule has 0 saturated carbocycles. The van der Waals surface area contributed by atoms with E-state index in [2.05, 4.69) is 29.2 Å². The van der Waals surface area contributed by atoms with Crippen LogP contribution in [0.15, 0.2) is 65.7 Å². The number of hydrogen-bond acceptors (Lipinski definition) is 5. The first-order valence-electron chi connectivity index (χ1n) is 8.70. The average molecular weight is 379 g/mol. The number of aromatic nitrogens is 3. The molecule has 7 heteroatoms. The van der Waals surface area contributed by atoms with Crippen LogP contribution < -0.4 is 5.69 Å². The maximum atomic E-state index is 12.9. The summed E-state index contributed by atoms with van der Waals surface area (Å²) in [6.07, 6.45) is 3.10. The molecule has 1 saturated heterocycles. The fourth-order valence-corrected chi connectivity index (χ4v) is 4.32. The van der Waals surface area contributed by atoms with Crippen LogP contribution in [0.4, 0.5) is 0 Å². The molecule has 0 radical (unpaired) electrons. The minimum absolute atomic E-state index is 0.0602. The quantitative estimate of drug-likeness (QED) is 0.593. The van der Waals surface area contributed by atoms with Gasteiger partial charge in [0, 0.05) is 23.7 Å². The molecule has 0 bridgehead atoms. The van der Waals surface area contributed by atoms with Crippen LogP contribution in [0, 0.1) is 0 Å². The molecule has 27 heavy (non-hydrogen) atoms. The van der Waals surface area contributed by atoms with Crippen molar-refractivity contribution in [3.63, 3.8) is 0 Å². The first kappa shape index (κ1) is 16.6. The number of thioether (sulfide) groups is 1. The number of aliphatic hydroxyl groups excluding tert-OH is 1. The second-order valence-electron chi connectivity index (χ2n) is 6.46. The van der Waals surface area contributed by atoms with Gasteiger partial charge in [0.15, 0.2) is 0 Å². The van der Waals surface area contributed by atoms with Crippen molar-refractivity contribution in [1.82, 2.24) is 14.0 Å². The standard InChI is InChI=1S/C20H17N3O3S/c24-11-19-26-18(12-27-19)22-8-7-17-21-16(10-23(17)20(22)25)15-6-5-13-3-1-2-4-14(13)9-15/h1-10,18-19,24H,11-12H2. The predicted octanol–water partition coefficient (Wildman–Crippen LogP) is 2.90. The summed E-state index contributed by atoms with van der Waals surface area (Å²) in [5, 5.41) is 11.5. The summed E-state index contributed by atoms with van der Waals surface area (Å²) >= 11 is 1.51. The number of hydrogen-bond donors (Lipinski definition) is 1. The highest BCUT2D eigenvalue weighted by Gasteiger charge is 2.27. The third-order valence-electron chi connectivity index (χ3n) is 4.78. The largest absolute Gasteiger partial charge is 0.393 e. The van der Waals surface area contributed by atoms with Crippen LogP contribution in [0.5, 0.6) is 0 Å². The van der Waals surface area contributed by atoms with E-state index in [1.807, 2.05) is 24.3 Å². The average Bonchev–Trinajstić information content (AvgIpc) is 3.35. The van der Waals surface area contributed by atoms with E-state index in [0.717, 1.165) is 16.6 Å². The van der Waals surface area contributed by atoms with Gasteiger partial charge in [-0.15, -0.1) is 11.8 Å². The Morgan fingerprint density at radius 1 is 1.19 bits per heavy atom. The van der Waals surface area contributed by atoms with E-state index in [0.29, 0.717) is 11.4 Å². The summed E-state index contributed by atoms with van der Waals surface area (Å²) in [6.45, 7) is -0.0602. The SMILES string of the molecule is O=c1n(C2CSC(CO)O2)ccc2nc(-c3ccc4ccccc4c3)cn12. The Bertz CT molecular complexity index is 1200. The maximum Gasteiger partial charge on any atom is 0.336 e. The first-order chi connectivity index (χ1) is 13.2. The van der Waals surface area contributed by atoms with Gasteiger partial charge in [-0.2, -0.15) is 0 Å². The molecule has 1 aliphatic heterocycles. The van der Waals surface area contributed by atoms with Gasteiger partial charge in [0.05, 0.1) is 12.3 Å². The van der Waals surface area contributed by atoms with Gasteiger partial charge < -0.3 is 9.84 Å². The monoisotopic (exact) mass is 379 g/mol. The topological polar surface area (TPSA) is 68.8 Å². The van der Waals surface area contributed by atoms with Gasteiger partial charge in [-0.3, -0.25) is 8.97 Å². The van der Waals surface area contributed by atoms with Crippen LogP contribution in [-0.4, -0.2) is 36.9 Å². The highest BCUT2D eigenvalue weighted by molar-refractivity contribution is 8.00. The van der Waals surface area contributed by atoms with Gasteiger partial charge in [-0.05, 0) is 22.9 Å². The molecule has 136 valence electrons. The summed E-state index contributed by atoms with van der Waals surface area (Å²) in [6, 6.07) is 16.1. The van der Waals surface area contributed by atoms with Crippen molar-refractivity contribution in [2.75, 3.05) is 12.4 Å². The Morgan fingerprint density at radius 3 is 2.85 bits per heavy atom. The number of ether oxygens (including phenoxy) is 1.